The maximum absolute atomic E-state index is 12.6. The van der Waals surface area contributed by atoms with Crippen LogP contribution in [0.2, 0.25) is 0 Å². The Balaban J connectivity index is 2.30. The van der Waals surface area contributed by atoms with Crippen molar-refractivity contribution in [2.45, 2.75) is 24.8 Å². The molecule has 0 fully saturated rings. The van der Waals surface area contributed by atoms with E-state index in [9.17, 15) is 13.2 Å². The summed E-state index contributed by atoms with van der Waals surface area (Å²) >= 11 is 0. The maximum Gasteiger partial charge on any atom is 0.307 e. The number of hydrogen-bond donors (Lipinski definition) is 2. The molecule has 128 valence electrons. The van der Waals surface area contributed by atoms with Crippen LogP contribution in [0.4, 0.5) is 0 Å². The molecule has 0 saturated carbocycles. The van der Waals surface area contributed by atoms with Gasteiger partial charge in [0.05, 0.1) is 25.8 Å². The van der Waals surface area contributed by atoms with Crippen LogP contribution >= 0.6 is 0 Å². The van der Waals surface area contributed by atoms with Crippen molar-refractivity contribution in [3.05, 3.63) is 53.3 Å². The second kappa shape index (κ2) is 7.41. The Morgan fingerprint density at radius 2 is 2.08 bits per heavy atom. The van der Waals surface area contributed by atoms with Crippen molar-refractivity contribution in [1.82, 2.24) is 9.71 Å². The summed E-state index contributed by atoms with van der Waals surface area (Å²) in [5.74, 6) is -0.894. The Hall–Kier alpha value is -2.45. The number of carbonyl (C=O) groups is 1. The van der Waals surface area contributed by atoms with E-state index in [-0.39, 0.29) is 23.6 Å². The predicted octanol–water partition coefficient (Wildman–Crippen LogP) is 1.50. The Morgan fingerprint density at radius 3 is 2.71 bits per heavy atom. The van der Waals surface area contributed by atoms with Gasteiger partial charge in [0.25, 0.3) is 0 Å². The average molecular weight is 350 g/mol. The van der Waals surface area contributed by atoms with E-state index >= 15 is 0 Å². The Morgan fingerprint density at radius 1 is 1.33 bits per heavy atom. The summed E-state index contributed by atoms with van der Waals surface area (Å²) in [6, 6.07) is 7.88. The zero-order chi connectivity index (χ0) is 17.7. The number of ether oxygens (including phenoxy) is 1. The van der Waals surface area contributed by atoms with Crippen molar-refractivity contribution in [3.8, 4) is 5.75 Å². The number of carboxylic acid groups (broad SMARTS) is 1. The van der Waals surface area contributed by atoms with Crippen molar-refractivity contribution in [3.63, 3.8) is 0 Å². The van der Waals surface area contributed by atoms with Crippen LogP contribution < -0.4 is 9.46 Å². The highest BCUT2D eigenvalue weighted by molar-refractivity contribution is 7.89. The zero-order valence-corrected chi connectivity index (χ0v) is 14.1. The molecule has 0 amide bonds. The summed E-state index contributed by atoms with van der Waals surface area (Å²) in [5.41, 5.74) is 1.85. The first-order chi connectivity index (χ1) is 11.3. The third kappa shape index (κ3) is 4.30. The fraction of sp³-hybridized carbons (Fsp3) is 0.250. The van der Waals surface area contributed by atoms with E-state index in [0.29, 0.717) is 11.3 Å². The summed E-state index contributed by atoms with van der Waals surface area (Å²) in [6.07, 6.45) is 1.32. The number of rotatable bonds is 7. The minimum Gasteiger partial charge on any atom is -0.495 e. The van der Waals surface area contributed by atoms with Crippen LogP contribution in [-0.2, 0) is 27.8 Å². The summed E-state index contributed by atoms with van der Waals surface area (Å²) < 4.78 is 32.7. The SMILES string of the molecule is COc1ccc(CC(=O)O)cc1S(=O)(=O)NCc1ncccc1C. The largest absolute Gasteiger partial charge is 0.495 e. The molecule has 0 atom stereocenters. The third-order valence-electron chi connectivity index (χ3n) is 3.42. The number of pyridine rings is 1. The van der Waals surface area contributed by atoms with Gasteiger partial charge in [-0.3, -0.25) is 9.78 Å². The summed E-state index contributed by atoms with van der Waals surface area (Å²) in [6.45, 7) is 1.87. The van der Waals surface area contributed by atoms with Gasteiger partial charge in [-0.1, -0.05) is 12.1 Å². The van der Waals surface area contributed by atoms with Crippen LogP contribution in [0, 0.1) is 6.92 Å². The van der Waals surface area contributed by atoms with Gasteiger partial charge in [-0.2, -0.15) is 0 Å². The molecule has 0 radical (unpaired) electrons. The summed E-state index contributed by atoms with van der Waals surface area (Å²) in [7, 11) is -2.53. The van der Waals surface area contributed by atoms with Crippen LogP contribution in [0.15, 0.2) is 41.4 Å². The smallest absolute Gasteiger partial charge is 0.307 e. The number of aliphatic carboxylic acids is 1. The Labute approximate surface area is 140 Å². The van der Waals surface area contributed by atoms with Gasteiger partial charge >= 0.3 is 5.97 Å². The molecule has 2 aromatic rings. The predicted molar refractivity (Wildman–Crippen MR) is 87.3 cm³/mol. The van der Waals surface area contributed by atoms with E-state index in [1.165, 1.54) is 25.3 Å². The third-order valence-corrected chi connectivity index (χ3v) is 4.84. The molecule has 0 aliphatic heterocycles. The molecule has 1 aromatic carbocycles. The van der Waals surface area contributed by atoms with E-state index in [1.807, 2.05) is 13.0 Å². The highest BCUT2D eigenvalue weighted by Gasteiger charge is 2.21. The minimum absolute atomic E-state index is 0.0291. The lowest BCUT2D eigenvalue weighted by Gasteiger charge is -2.12. The topological polar surface area (TPSA) is 106 Å². The fourth-order valence-corrected chi connectivity index (χ4v) is 3.37. The molecule has 2 N–H and O–H groups in total. The van der Waals surface area contributed by atoms with Crippen molar-refractivity contribution in [2.75, 3.05) is 7.11 Å². The minimum atomic E-state index is -3.88. The lowest BCUT2D eigenvalue weighted by molar-refractivity contribution is -0.136. The Bertz CT molecular complexity index is 849. The fourth-order valence-electron chi connectivity index (χ4n) is 2.16. The van der Waals surface area contributed by atoms with Gasteiger partial charge in [0.2, 0.25) is 10.0 Å². The number of nitrogens with one attached hydrogen (secondary N) is 1. The lowest BCUT2D eigenvalue weighted by atomic mass is 10.1. The normalized spacial score (nSPS) is 11.2. The zero-order valence-electron chi connectivity index (χ0n) is 13.3. The second-order valence-electron chi connectivity index (χ2n) is 5.15. The standard InChI is InChI=1S/C16H18N2O5S/c1-11-4-3-7-17-13(11)10-18-24(21,22)15-8-12(9-16(19)20)5-6-14(15)23-2/h3-8,18H,9-10H2,1-2H3,(H,19,20). The van der Waals surface area contributed by atoms with E-state index in [4.69, 9.17) is 9.84 Å². The molecular weight excluding hydrogens is 332 g/mol. The molecule has 24 heavy (non-hydrogen) atoms. The van der Waals surface area contributed by atoms with Crippen LogP contribution in [0.5, 0.6) is 5.75 Å². The maximum atomic E-state index is 12.6. The summed E-state index contributed by atoms with van der Waals surface area (Å²) in [4.78, 5) is 14.9. The quantitative estimate of drug-likeness (QED) is 0.784. The van der Waals surface area contributed by atoms with E-state index in [1.54, 1.807) is 12.3 Å². The number of aryl methyl sites for hydroxylation is 1. The molecule has 2 rings (SSSR count). The number of methoxy groups -OCH3 is 1. The molecule has 1 aromatic heterocycles. The Kier molecular flexibility index (Phi) is 5.53. The van der Waals surface area contributed by atoms with Gasteiger partial charge in [-0.05, 0) is 36.2 Å². The molecular formula is C16H18N2O5S. The van der Waals surface area contributed by atoms with Gasteiger partial charge in [-0.15, -0.1) is 0 Å². The summed E-state index contributed by atoms with van der Waals surface area (Å²) in [5, 5.41) is 8.87. The van der Waals surface area contributed by atoms with Crippen LogP contribution in [0.1, 0.15) is 16.8 Å². The number of aromatic nitrogens is 1. The van der Waals surface area contributed by atoms with Gasteiger partial charge in [-0.25, -0.2) is 13.1 Å². The lowest BCUT2D eigenvalue weighted by Crippen LogP contribution is -2.25. The highest BCUT2D eigenvalue weighted by Crippen LogP contribution is 2.25. The van der Waals surface area contributed by atoms with Crippen LogP contribution in [-0.4, -0.2) is 31.6 Å². The van der Waals surface area contributed by atoms with Crippen molar-refractivity contribution in [2.24, 2.45) is 0 Å². The van der Waals surface area contributed by atoms with Gasteiger partial charge < -0.3 is 9.84 Å². The van der Waals surface area contributed by atoms with Crippen molar-refractivity contribution >= 4 is 16.0 Å². The van der Waals surface area contributed by atoms with Gasteiger partial charge in [0, 0.05) is 6.20 Å². The molecule has 8 heteroatoms. The number of hydrogen-bond acceptors (Lipinski definition) is 5. The second-order valence-corrected chi connectivity index (χ2v) is 6.88. The number of carboxylic acids is 1. The molecule has 0 unspecified atom stereocenters. The van der Waals surface area contributed by atoms with E-state index in [0.717, 1.165) is 5.56 Å². The van der Waals surface area contributed by atoms with Gasteiger partial charge in [0.1, 0.15) is 10.6 Å². The average Bonchev–Trinajstić information content (AvgIpc) is 2.53. The van der Waals surface area contributed by atoms with Crippen LogP contribution in [0.3, 0.4) is 0 Å². The first-order valence-electron chi connectivity index (χ1n) is 7.12. The highest BCUT2D eigenvalue weighted by atomic mass is 32.2. The molecule has 0 aliphatic carbocycles. The first kappa shape index (κ1) is 17.9. The van der Waals surface area contributed by atoms with Crippen molar-refractivity contribution < 1.29 is 23.1 Å². The van der Waals surface area contributed by atoms with E-state index < -0.39 is 16.0 Å². The monoisotopic (exact) mass is 350 g/mol. The number of sulfonamides is 1. The van der Waals surface area contributed by atoms with Crippen LogP contribution in [0.25, 0.3) is 0 Å². The number of benzene rings is 1. The molecule has 1 heterocycles. The molecule has 7 nitrogen and oxygen atoms in total. The molecule has 0 aliphatic rings. The number of nitrogens with zero attached hydrogens (tertiary/aromatic N) is 1. The molecule has 0 bridgehead atoms. The van der Waals surface area contributed by atoms with Crippen molar-refractivity contribution in [1.29, 1.82) is 0 Å². The molecule has 0 spiro atoms. The van der Waals surface area contributed by atoms with E-state index in [2.05, 4.69) is 9.71 Å². The molecule has 0 saturated heterocycles. The first-order valence-corrected chi connectivity index (χ1v) is 8.60. The van der Waals surface area contributed by atoms with Gasteiger partial charge in [0.15, 0.2) is 0 Å².